The van der Waals surface area contributed by atoms with Crippen LogP contribution in [0, 0.1) is 5.41 Å². The lowest BCUT2D eigenvalue weighted by molar-refractivity contribution is -0.146. The summed E-state index contributed by atoms with van der Waals surface area (Å²) in [5.74, 6) is -0.656. The van der Waals surface area contributed by atoms with Gasteiger partial charge in [-0.15, -0.1) is 0 Å². The fourth-order valence-electron chi connectivity index (χ4n) is 1.63. The van der Waals surface area contributed by atoms with Crippen LogP contribution in [0.2, 0.25) is 0 Å². The number of carboxylic acids is 1. The number of hydrogen-bond donors (Lipinski definition) is 1. The van der Waals surface area contributed by atoms with Crippen LogP contribution in [-0.4, -0.2) is 16.9 Å². The Morgan fingerprint density at radius 2 is 1.67 bits per heavy atom. The Kier molecular flexibility index (Phi) is 4.28. The van der Waals surface area contributed by atoms with Gasteiger partial charge in [0, 0.05) is 12.0 Å². The van der Waals surface area contributed by atoms with Crippen molar-refractivity contribution in [3.8, 4) is 0 Å². The van der Waals surface area contributed by atoms with E-state index in [9.17, 15) is 9.59 Å². The Morgan fingerprint density at radius 3 is 2.06 bits per heavy atom. The summed E-state index contributed by atoms with van der Waals surface area (Å²) in [6.07, 6.45) is 0.0172. The molecule has 0 fully saturated rings. The molecule has 0 bridgehead atoms. The zero-order valence-electron chi connectivity index (χ0n) is 11.4. The van der Waals surface area contributed by atoms with Crippen LogP contribution in [0.5, 0.6) is 0 Å². The van der Waals surface area contributed by atoms with E-state index in [1.807, 2.05) is 12.1 Å². The van der Waals surface area contributed by atoms with E-state index < -0.39 is 11.4 Å². The van der Waals surface area contributed by atoms with Crippen LogP contribution in [0.15, 0.2) is 24.3 Å². The number of hydrogen-bond acceptors (Lipinski definition) is 2. The zero-order chi connectivity index (χ0) is 13.9. The highest BCUT2D eigenvalue weighted by atomic mass is 16.4. The third kappa shape index (κ3) is 3.42. The minimum atomic E-state index is -1.02. The summed E-state index contributed by atoms with van der Waals surface area (Å²) in [5.41, 5.74) is 0.728. The summed E-state index contributed by atoms with van der Waals surface area (Å²) >= 11 is 0. The monoisotopic (exact) mass is 248 g/mol. The number of carbonyl (C=O) groups is 2. The summed E-state index contributed by atoms with van der Waals surface area (Å²) in [6.45, 7) is 7.31. The second kappa shape index (κ2) is 5.34. The first-order chi connectivity index (χ1) is 8.24. The molecule has 1 aromatic rings. The first kappa shape index (κ1) is 14.4. The van der Waals surface area contributed by atoms with Gasteiger partial charge in [-0.05, 0) is 25.3 Å². The first-order valence-electron chi connectivity index (χ1n) is 6.10. The van der Waals surface area contributed by atoms with E-state index >= 15 is 0 Å². The number of ketones is 1. The highest BCUT2D eigenvalue weighted by Gasteiger charge is 2.30. The van der Waals surface area contributed by atoms with Gasteiger partial charge in [0.25, 0.3) is 0 Å². The lowest BCUT2D eigenvalue weighted by Gasteiger charge is -2.17. The van der Waals surface area contributed by atoms with Crippen LogP contribution < -0.4 is 0 Å². The van der Waals surface area contributed by atoms with Crippen molar-refractivity contribution in [2.45, 2.75) is 40.0 Å². The highest BCUT2D eigenvalue weighted by molar-refractivity contribution is 5.98. The van der Waals surface area contributed by atoms with Crippen molar-refractivity contribution in [1.29, 1.82) is 0 Å². The number of rotatable bonds is 5. The maximum Gasteiger partial charge on any atom is 0.309 e. The van der Waals surface area contributed by atoms with Crippen LogP contribution in [0.4, 0.5) is 0 Å². The van der Waals surface area contributed by atoms with Crippen molar-refractivity contribution in [2.75, 3.05) is 0 Å². The molecule has 0 unspecified atom stereocenters. The summed E-state index contributed by atoms with van der Waals surface area (Å²) in [7, 11) is 0. The molecule has 1 N–H and O–H groups in total. The Labute approximate surface area is 108 Å². The zero-order valence-corrected chi connectivity index (χ0v) is 11.4. The van der Waals surface area contributed by atoms with Gasteiger partial charge in [-0.25, -0.2) is 0 Å². The Balaban J connectivity index is 2.82. The molecule has 0 saturated carbocycles. The van der Waals surface area contributed by atoms with Crippen LogP contribution in [0.25, 0.3) is 0 Å². The second-order valence-electron chi connectivity index (χ2n) is 5.57. The molecule has 0 aliphatic rings. The smallest absolute Gasteiger partial charge is 0.309 e. The largest absolute Gasteiger partial charge is 0.481 e. The number of benzene rings is 1. The minimum absolute atomic E-state index is 0.0172. The number of aliphatic carboxylic acids is 1. The van der Waals surface area contributed by atoms with E-state index in [2.05, 4.69) is 13.8 Å². The molecule has 0 atom stereocenters. The van der Waals surface area contributed by atoms with Gasteiger partial charge >= 0.3 is 5.97 Å². The van der Waals surface area contributed by atoms with Gasteiger partial charge in [-0.1, -0.05) is 38.1 Å². The molecule has 0 saturated heterocycles. The van der Waals surface area contributed by atoms with Gasteiger partial charge < -0.3 is 5.11 Å². The van der Waals surface area contributed by atoms with Gasteiger partial charge in [0.1, 0.15) is 0 Å². The van der Waals surface area contributed by atoms with Gasteiger partial charge in [0.05, 0.1) is 5.41 Å². The Morgan fingerprint density at radius 1 is 1.17 bits per heavy atom. The first-order valence-corrected chi connectivity index (χ1v) is 6.10. The second-order valence-corrected chi connectivity index (χ2v) is 5.57. The molecule has 0 amide bonds. The normalized spacial score (nSPS) is 11.6. The summed E-state index contributed by atoms with van der Waals surface area (Å²) in [6, 6.07) is 7.39. The molecular weight excluding hydrogens is 228 g/mol. The van der Waals surface area contributed by atoms with Crippen LogP contribution in [0.3, 0.4) is 0 Å². The summed E-state index contributed by atoms with van der Waals surface area (Å²) < 4.78 is 0. The average molecular weight is 248 g/mol. The van der Waals surface area contributed by atoms with E-state index in [1.54, 1.807) is 26.0 Å². The average Bonchev–Trinajstić information content (AvgIpc) is 2.28. The van der Waals surface area contributed by atoms with Crippen LogP contribution >= 0.6 is 0 Å². The van der Waals surface area contributed by atoms with E-state index in [-0.39, 0.29) is 12.2 Å². The highest BCUT2D eigenvalue weighted by Crippen LogP contribution is 2.24. The molecule has 0 heterocycles. The summed E-state index contributed by atoms with van der Waals surface area (Å²) in [5, 5.41) is 9.00. The van der Waals surface area contributed by atoms with Crippen molar-refractivity contribution >= 4 is 11.8 Å². The molecule has 1 aromatic carbocycles. The van der Waals surface area contributed by atoms with Gasteiger partial charge in [0.2, 0.25) is 0 Å². The number of carbonyl (C=O) groups excluding carboxylic acids is 1. The van der Waals surface area contributed by atoms with Crippen molar-refractivity contribution in [1.82, 2.24) is 0 Å². The Bertz CT molecular complexity index is 441. The molecular formula is C15H20O3. The SMILES string of the molecule is CC(C)c1ccc(C(=O)CC(C)(C)C(=O)O)cc1. The molecule has 3 heteroatoms. The molecule has 0 aliphatic heterocycles. The molecule has 18 heavy (non-hydrogen) atoms. The van der Waals surface area contributed by atoms with Gasteiger partial charge in [-0.3, -0.25) is 9.59 Å². The maximum atomic E-state index is 12.0. The fourth-order valence-corrected chi connectivity index (χ4v) is 1.63. The fraction of sp³-hybridized carbons (Fsp3) is 0.467. The van der Waals surface area contributed by atoms with Crippen molar-refractivity contribution in [3.63, 3.8) is 0 Å². The molecule has 0 aliphatic carbocycles. The van der Waals surface area contributed by atoms with Gasteiger partial charge in [-0.2, -0.15) is 0 Å². The third-order valence-corrected chi connectivity index (χ3v) is 3.08. The molecule has 0 aromatic heterocycles. The topological polar surface area (TPSA) is 54.4 Å². The lowest BCUT2D eigenvalue weighted by Crippen LogP contribution is -2.26. The lowest BCUT2D eigenvalue weighted by atomic mass is 9.85. The molecule has 0 spiro atoms. The maximum absolute atomic E-state index is 12.0. The van der Waals surface area contributed by atoms with Crippen molar-refractivity contribution in [3.05, 3.63) is 35.4 Å². The van der Waals surface area contributed by atoms with Crippen LogP contribution in [0.1, 0.15) is 56.0 Å². The molecule has 3 nitrogen and oxygen atoms in total. The standard InChI is InChI=1S/C15H20O3/c1-10(2)11-5-7-12(8-6-11)13(16)9-15(3,4)14(17)18/h5-8,10H,9H2,1-4H3,(H,17,18). The van der Waals surface area contributed by atoms with E-state index in [4.69, 9.17) is 5.11 Å². The van der Waals surface area contributed by atoms with Crippen molar-refractivity contribution in [2.24, 2.45) is 5.41 Å². The molecule has 1 rings (SSSR count). The molecule has 98 valence electrons. The number of carboxylic acid groups (broad SMARTS) is 1. The van der Waals surface area contributed by atoms with Crippen molar-refractivity contribution < 1.29 is 14.7 Å². The van der Waals surface area contributed by atoms with E-state index in [0.29, 0.717) is 11.5 Å². The predicted molar refractivity (Wildman–Crippen MR) is 70.9 cm³/mol. The summed E-state index contributed by atoms with van der Waals surface area (Å²) in [4.78, 5) is 23.0. The van der Waals surface area contributed by atoms with E-state index in [0.717, 1.165) is 0 Å². The molecule has 0 radical (unpaired) electrons. The van der Waals surface area contributed by atoms with E-state index in [1.165, 1.54) is 5.56 Å². The number of Topliss-reactive ketones (excluding diaryl/α,β-unsaturated/α-hetero) is 1. The minimum Gasteiger partial charge on any atom is -0.481 e. The Hall–Kier alpha value is -1.64. The van der Waals surface area contributed by atoms with Gasteiger partial charge in [0.15, 0.2) is 5.78 Å². The third-order valence-electron chi connectivity index (χ3n) is 3.08. The van der Waals surface area contributed by atoms with Crippen LogP contribution in [-0.2, 0) is 4.79 Å². The quantitative estimate of drug-likeness (QED) is 0.811. The predicted octanol–water partition coefficient (Wildman–Crippen LogP) is 3.49.